The van der Waals surface area contributed by atoms with Gasteiger partial charge in [-0.15, -0.1) is 0 Å². The smallest absolute Gasteiger partial charge is 0.144 e. The number of aliphatic hydroxyl groups excluding tert-OH is 1. The van der Waals surface area contributed by atoms with E-state index in [2.05, 4.69) is 5.10 Å². The Hall–Kier alpha value is -1.23. The quantitative estimate of drug-likeness (QED) is 0.940. The first-order chi connectivity index (χ1) is 8.60. The van der Waals surface area contributed by atoms with Crippen LogP contribution in [-0.2, 0) is 20.3 Å². The minimum atomic E-state index is -0.183. The maximum absolute atomic E-state index is 9.25. The van der Waals surface area contributed by atoms with Gasteiger partial charge in [0.25, 0.3) is 0 Å². The van der Waals surface area contributed by atoms with E-state index in [4.69, 9.17) is 27.9 Å². The zero-order valence-electron chi connectivity index (χ0n) is 9.73. The number of aliphatic hydroxyl groups is 1. The molecule has 0 radical (unpaired) electrons. The summed E-state index contributed by atoms with van der Waals surface area (Å²) < 4.78 is 7.28. The fourth-order valence-electron chi connectivity index (χ4n) is 1.58. The van der Waals surface area contributed by atoms with E-state index in [1.165, 1.54) is 0 Å². The van der Waals surface area contributed by atoms with Gasteiger partial charge in [0, 0.05) is 23.8 Å². The fraction of sp³-hybridized carbons (Fsp3) is 0.250. The van der Waals surface area contributed by atoms with Crippen LogP contribution in [0.2, 0.25) is 10.0 Å². The lowest BCUT2D eigenvalue weighted by Gasteiger charge is -2.11. The van der Waals surface area contributed by atoms with Crippen LogP contribution in [0.3, 0.4) is 0 Å². The van der Waals surface area contributed by atoms with Crippen molar-refractivity contribution in [2.45, 2.75) is 13.2 Å². The third kappa shape index (κ3) is 2.96. The summed E-state index contributed by atoms with van der Waals surface area (Å²) in [5.74, 6) is 0.439. The molecule has 0 amide bonds. The molecule has 0 aliphatic rings. The highest BCUT2D eigenvalue weighted by Crippen LogP contribution is 2.32. The highest BCUT2D eigenvalue weighted by molar-refractivity contribution is 6.35. The number of halogens is 2. The second kappa shape index (κ2) is 5.61. The Bertz CT molecular complexity index is 555. The maximum Gasteiger partial charge on any atom is 0.144 e. The fourth-order valence-corrected chi connectivity index (χ4v) is 2.17. The molecule has 0 spiro atoms. The van der Waals surface area contributed by atoms with E-state index in [0.29, 0.717) is 21.4 Å². The Morgan fingerprint density at radius 3 is 2.78 bits per heavy atom. The van der Waals surface area contributed by atoms with Crippen molar-refractivity contribution in [2.24, 2.45) is 7.05 Å². The van der Waals surface area contributed by atoms with Crippen molar-refractivity contribution in [3.63, 3.8) is 0 Å². The number of rotatable bonds is 4. The summed E-state index contributed by atoms with van der Waals surface area (Å²) in [6, 6.07) is 5.06. The number of hydrogen-bond donors (Lipinski definition) is 1. The van der Waals surface area contributed by atoms with E-state index in [-0.39, 0.29) is 13.2 Å². The molecule has 0 aliphatic heterocycles. The van der Waals surface area contributed by atoms with Crippen molar-refractivity contribution in [1.82, 2.24) is 9.78 Å². The van der Waals surface area contributed by atoms with E-state index >= 15 is 0 Å². The van der Waals surface area contributed by atoms with Gasteiger partial charge in [0.05, 0.1) is 17.3 Å². The van der Waals surface area contributed by atoms with Crippen LogP contribution in [0.5, 0.6) is 5.75 Å². The third-order valence-electron chi connectivity index (χ3n) is 2.39. The van der Waals surface area contributed by atoms with Gasteiger partial charge in [-0.2, -0.15) is 5.10 Å². The summed E-state index contributed by atoms with van der Waals surface area (Å²) in [5.41, 5.74) is 1.34. The summed E-state index contributed by atoms with van der Waals surface area (Å²) in [4.78, 5) is 0. The molecule has 0 atom stereocenters. The SMILES string of the molecule is Cn1ccc(COc2c(Cl)cc(Cl)cc2CO)n1. The van der Waals surface area contributed by atoms with Crippen LogP contribution in [0.1, 0.15) is 11.3 Å². The first-order valence-corrected chi connectivity index (χ1v) is 6.06. The van der Waals surface area contributed by atoms with Crippen LogP contribution in [0, 0.1) is 0 Å². The van der Waals surface area contributed by atoms with E-state index in [9.17, 15) is 5.11 Å². The highest BCUT2D eigenvalue weighted by Gasteiger charge is 2.11. The minimum absolute atomic E-state index is 0.183. The monoisotopic (exact) mass is 286 g/mol. The molecule has 1 aromatic carbocycles. The molecule has 0 saturated carbocycles. The van der Waals surface area contributed by atoms with Crippen molar-refractivity contribution in [3.05, 3.63) is 45.7 Å². The van der Waals surface area contributed by atoms with Gasteiger partial charge < -0.3 is 9.84 Å². The Kier molecular flexibility index (Phi) is 4.11. The molecule has 0 unspecified atom stereocenters. The number of benzene rings is 1. The molecular weight excluding hydrogens is 275 g/mol. The molecule has 0 saturated heterocycles. The van der Waals surface area contributed by atoms with Crippen molar-refractivity contribution in [2.75, 3.05) is 0 Å². The lowest BCUT2D eigenvalue weighted by molar-refractivity contribution is 0.257. The first-order valence-electron chi connectivity index (χ1n) is 5.30. The molecule has 6 heteroatoms. The molecule has 0 bridgehead atoms. The van der Waals surface area contributed by atoms with Gasteiger partial charge in [0.1, 0.15) is 12.4 Å². The Morgan fingerprint density at radius 2 is 2.17 bits per heavy atom. The number of aromatic nitrogens is 2. The summed E-state index contributed by atoms with van der Waals surface area (Å²) in [6.07, 6.45) is 1.83. The molecule has 0 fully saturated rings. The van der Waals surface area contributed by atoms with Gasteiger partial charge in [-0.25, -0.2) is 0 Å². The second-order valence-electron chi connectivity index (χ2n) is 3.80. The Morgan fingerprint density at radius 1 is 1.39 bits per heavy atom. The topological polar surface area (TPSA) is 47.3 Å². The zero-order chi connectivity index (χ0) is 13.1. The van der Waals surface area contributed by atoms with Crippen molar-refractivity contribution >= 4 is 23.2 Å². The minimum Gasteiger partial charge on any atom is -0.485 e. The third-order valence-corrected chi connectivity index (χ3v) is 2.89. The molecule has 2 rings (SSSR count). The van der Waals surface area contributed by atoms with E-state index in [0.717, 1.165) is 5.69 Å². The van der Waals surface area contributed by atoms with Crippen LogP contribution < -0.4 is 4.74 Å². The van der Waals surface area contributed by atoms with Crippen LogP contribution in [0.4, 0.5) is 0 Å². The van der Waals surface area contributed by atoms with Crippen molar-refractivity contribution < 1.29 is 9.84 Å². The van der Waals surface area contributed by atoms with Gasteiger partial charge in [-0.3, -0.25) is 4.68 Å². The zero-order valence-corrected chi connectivity index (χ0v) is 11.2. The van der Waals surface area contributed by atoms with Gasteiger partial charge in [0.2, 0.25) is 0 Å². The Balaban J connectivity index is 2.18. The van der Waals surface area contributed by atoms with Crippen molar-refractivity contribution in [1.29, 1.82) is 0 Å². The van der Waals surface area contributed by atoms with Gasteiger partial charge in [0.15, 0.2) is 0 Å². The van der Waals surface area contributed by atoms with Gasteiger partial charge in [-0.05, 0) is 18.2 Å². The number of nitrogens with zero attached hydrogens (tertiary/aromatic N) is 2. The van der Waals surface area contributed by atoms with Crippen molar-refractivity contribution in [3.8, 4) is 5.75 Å². The van der Waals surface area contributed by atoms with Crippen LogP contribution >= 0.6 is 23.2 Å². The molecule has 1 heterocycles. The van der Waals surface area contributed by atoms with E-state index < -0.39 is 0 Å². The Labute approximate surface area is 115 Å². The summed E-state index contributed by atoms with van der Waals surface area (Å²) >= 11 is 11.9. The second-order valence-corrected chi connectivity index (χ2v) is 4.65. The number of hydrogen-bond acceptors (Lipinski definition) is 3. The molecular formula is C12H12Cl2N2O2. The highest BCUT2D eigenvalue weighted by atomic mass is 35.5. The van der Waals surface area contributed by atoms with E-state index in [1.807, 2.05) is 19.3 Å². The molecule has 4 nitrogen and oxygen atoms in total. The average molecular weight is 287 g/mol. The molecule has 2 aromatic rings. The molecule has 96 valence electrons. The predicted octanol–water partition coefficient (Wildman–Crippen LogP) is 2.80. The van der Waals surface area contributed by atoms with Gasteiger partial charge in [-0.1, -0.05) is 23.2 Å². The molecule has 1 aromatic heterocycles. The van der Waals surface area contributed by atoms with Crippen LogP contribution in [-0.4, -0.2) is 14.9 Å². The van der Waals surface area contributed by atoms with Crippen LogP contribution in [0.15, 0.2) is 24.4 Å². The number of ether oxygens (including phenoxy) is 1. The number of aryl methyl sites for hydroxylation is 1. The predicted molar refractivity (Wildman–Crippen MR) is 69.9 cm³/mol. The molecule has 1 N–H and O–H groups in total. The normalized spacial score (nSPS) is 10.7. The summed E-state index contributed by atoms with van der Waals surface area (Å²) in [6.45, 7) is 0.104. The first kappa shape index (κ1) is 13.2. The average Bonchev–Trinajstić information content (AvgIpc) is 2.73. The maximum atomic E-state index is 9.25. The molecule has 18 heavy (non-hydrogen) atoms. The molecule has 0 aliphatic carbocycles. The standard InChI is InChI=1S/C12H12Cl2N2O2/c1-16-3-2-10(15-16)7-18-12-8(6-17)4-9(13)5-11(12)14/h2-5,17H,6-7H2,1H3. The van der Waals surface area contributed by atoms with Gasteiger partial charge >= 0.3 is 0 Å². The summed E-state index contributed by atoms with van der Waals surface area (Å²) in [7, 11) is 1.83. The summed E-state index contributed by atoms with van der Waals surface area (Å²) in [5, 5.41) is 14.3. The largest absolute Gasteiger partial charge is 0.485 e. The van der Waals surface area contributed by atoms with Crippen LogP contribution in [0.25, 0.3) is 0 Å². The lowest BCUT2D eigenvalue weighted by atomic mass is 10.2. The van der Waals surface area contributed by atoms with E-state index in [1.54, 1.807) is 16.8 Å². The lowest BCUT2D eigenvalue weighted by Crippen LogP contribution is -2.01.